The van der Waals surface area contributed by atoms with Gasteiger partial charge in [-0.1, -0.05) is 60.7 Å². The molecule has 0 radical (unpaired) electrons. The third-order valence-electron chi connectivity index (χ3n) is 4.37. The number of fused-ring (bicyclic) bond motifs is 1. The van der Waals surface area contributed by atoms with Crippen LogP contribution in [-0.2, 0) is 6.42 Å². The van der Waals surface area contributed by atoms with Crippen LogP contribution in [0.1, 0.15) is 15.9 Å². The van der Waals surface area contributed by atoms with Crippen LogP contribution in [-0.4, -0.2) is 12.5 Å². The van der Waals surface area contributed by atoms with Gasteiger partial charge in [0.2, 0.25) is 0 Å². The molecule has 0 saturated heterocycles. The highest BCUT2D eigenvalue weighted by Gasteiger charge is 2.24. The van der Waals surface area contributed by atoms with Crippen molar-refractivity contribution in [2.75, 3.05) is 11.4 Å². The Morgan fingerprint density at radius 3 is 2.17 bits per heavy atom. The van der Waals surface area contributed by atoms with E-state index in [0.29, 0.717) is 0 Å². The van der Waals surface area contributed by atoms with Gasteiger partial charge < -0.3 is 4.90 Å². The Labute approximate surface area is 136 Å². The van der Waals surface area contributed by atoms with Gasteiger partial charge in [0, 0.05) is 17.8 Å². The molecule has 0 aromatic heterocycles. The van der Waals surface area contributed by atoms with E-state index in [1.165, 1.54) is 5.56 Å². The molecule has 23 heavy (non-hydrogen) atoms. The second kappa shape index (κ2) is 5.73. The molecule has 4 rings (SSSR count). The Morgan fingerprint density at radius 2 is 1.39 bits per heavy atom. The average molecular weight is 299 g/mol. The van der Waals surface area contributed by atoms with Crippen LogP contribution in [0.2, 0.25) is 0 Å². The lowest BCUT2D eigenvalue weighted by Crippen LogP contribution is -2.28. The predicted octanol–water partition coefficient (Wildman–Crippen LogP) is 4.56. The molecular weight excluding hydrogens is 282 g/mol. The van der Waals surface area contributed by atoms with Gasteiger partial charge >= 0.3 is 0 Å². The maximum Gasteiger partial charge on any atom is 0.258 e. The van der Waals surface area contributed by atoms with Gasteiger partial charge in [-0.2, -0.15) is 0 Å². The molecule has 3 aromatic rings. The predicted molar refractivity (Wildman–Crippen MR) is 93.7 cm³/mol. The van der Waals surface area contributed by atoms with Crippen LogP contribution in [0.3, 0.4) is 0 Å². The van der Waals surface area contributed by atoms with E-state index in [9.17, 15) is 4.79 Å². The van der Waals surface area contributed by atoms with Crippen LogP contribution >= 0.6 is 0 Å². The number of benzene rings is 3. The number of anilines is 1. The molecule has 2 nitrogen and oxygen atoms in total. The van der Waals surface area contributed by atoms with E-state index in [2.05, 4.69) is 18.2 Å². The Bertz CT molecular complexity index is 837. The minimum Gasteiger partial charge on any atom is -0.308 e. The molecule has 0 atom stereocenters. The average Bonchev–Trinajstić information content (AvgIpc) is 3.06. The second-order valence-electron chi connectivity index (χ2n) is 5.78. The standard InChI is InChI=1S/C21H17NO/c23-21(22-15-14-18-8-4-5-9-20(18)22)19-12-10-17(11-13-19)16-6-2-1-3-7-16/h1-13H,14-15H2. The van der Waals surface area contributed by atoms with Gasteiger partial charge in [-0.05, 0) is 41.3 Å². The number of hydrogen-bond donors (Lipinski definition) is 0. The van der Waals surface area contributed by atoms with Gasteiger partial charge in [-0.3, -0.25) is 4.79 Å². The molecule has 0 unspecified atom stereocenters. The maximum atomic E-state index is 12.8. The van der Waals surface area contributed by atoms with Crippen molar-refractivity contribution in [1.29, 1.82) is 0 Å². The molecule has 0 aliphatic carbocycles. The van der Waals surface area contributed by atoms with E-state index in [0.717, 1.165) is 35.3 Å². The van der Waals surface area contributed by atoms with E-state index < -0.39 is 0 Å². The zero-order valence-corrected chi connectivity index (χ0v) is 12.8. The van der Waals surface area contributed by atoms with Crippen LogP contribution in [0.5, 0.6) is 0 Å². The molecule has 0 saturated carbocycles. The minimum absolute atomic E-state index is 0.0783. The Balaban J connectivity index is 1.61. The van der Waals surface area contributed by atoms with Crippen LogP contribution in [0.25, 0.3) is 11.1 Å². The molecule has 1 aliphatic heterocycles. The molecule has 0 fully saturated rings. The Hall–Kier alpha value is -2.87. The highest BCUT2D eigenvalue weighted by atomic mass is 16.2. The smallest absolute Gasteiger partial charge is 0.258 e. The molecule has 0 spiro atoms. The third kappa shape index (κ3) is 2.53. The third-order valence-corrected chi connectivity index (χ3v) is 4.37. The zero-order valence-electron chi connectivity index (χ0n) is 12.8. The summed E-state index contributed by atoms with van der Waals surface area (Å²) in [6.45, 7) is 0.763. The van der Waals surface area contributed by atoms with Crippen molar-refractivity contribution in [2.24, 2.45) is 0 Å². The monoisotopic (exact) mass is 299 g/mol. The first kappa shape index (κ1) is 13.8. The van der Waals surface area contributed by atoms with Crippen molar-refractivity contribution in [3.05, 3.63) is 90.0 Å². The maximum absolute atomic E-state index is 12.8. The highest BCUT2D eigenvalue weighted by molar-refractivity contribution is 6.07. The summed E-state index contributed by atoms with van der Waals surface area (Å²) in [7, 11) is 0. The zero-order chi connectivity index (χ0) is 15.6. The topological polar surface area (TPSA) is 20.3 Å². The van der Waals surface area contributed by atoms with Crippen molar-refractivity contribution in [3.8, 4) is 11.1 Å². The van der Waals surface area contributed by atoms with Crippen LogP contribution < -0.4 is 4.90 Å². The molecule has 2 heteroatoms. The number of carbonyl (C=O) groups excluding carboxylic acids is 1. The number of rotatable bonds is 2. The number of amides is 1. The molecule has 3 aromatic carbocycles. The summed E-state index contributed by atoms with van der Waals surface area (Å²) >= 11 is 0. The summed E-state index contributed by atoms with van der Waals surface area (Å²) in [5, 5.41) is 0. The fourth-order valence-electron chi connectivity index (χ4n) is 3.14. The van der Waals surface area contributed by atoms with Gasteiger partial charge in [0.15, 0.2) is 0 Å². The number of nitrogens with zero attached hydrogens (tertiary/aromatic N) is 1. The summed E-state index contributed by atoms with van der Waals surface area (Å²) in [5.74, 6) is 0.0783. The van der Waals surface area contributed by atoms with Crippen LogP contribution in [0.15, 0.2) is 78.9 Å². The van der Waals surface area contributed by atoms with Gasteiger partial charge in [0.25, 0.3) is 5.91 Å². The molecule has 0 N–H and O–H groups in total. The minimum atomic E-state index is 0.0783. The number of hydrogen-bond acceptors (Lipinski definition) is 1. The fourth-order valence-corrected chi connectivity index (χ4v) is 3.14. The highest BCUT2D eigenvalue weighted by Crippen LogP contribution is 2.29. The molecular formula is C21H17NO. The largest absolute Gasteiger partial charge is 0.308 e. The summed E-state index contributed by atoms with van der Waals surface area (Å²) in [4.78, 5) is 14.7. The van der Waals surface area contributed by atoms with E-state index in [-0.39, 0.29) is 5.91 Å². The van der Waals surface area contributed by atoms with E-state index >= 15 is 0 Å². The summed E-state index contributed by atoms with van der Waals surface area (Å²) in [6.07, 6.45) is 0.935. The first-order chi connectivity index (χ1) is 11.3. The van der Waals surface area contributed by atoms with Gasteiger partial charge in [-0.25, -0.2) is 0 Å². The van der Waals surface area contributed by atoms with Crippen molar-refractivity contribution in [3.63, 3.8) is 0 Å². The normalized spacial score (nSPS) is 13.0. The van der Waals surface area contributed by atoms with Gasteiger partial charge in [0.1, 0.15) is 0 Å². The lowest BCUT2D eigenvalue weighted by molar-refractivity contribution is 0.0989. The summed E-state index contributed by atoms with van der Waals surface area (Å²) in [5.41, 5.74) is 5.33. The summed E-state index contributed by atoms with van der Waals surface area (Å²) < 4.78 is 0. The van der Waals surface area contributed by atoms with Crippen molar-refractivity contribution in [1.82, 2.24) is 0 Å². The van der Waals surface area contributed by atoms with E-state index in [1.807, 2.05) is 65.6 Å². The van der Waals surface area contributed by atoms with Crippen molar-refractivity contribution in [2.45, 2.75) is 6.42 Å². The first-order valence-corrected chi connectivity index (χ1v) is 7.88. The molecule has 0 bridgehead atoms. The molecule has 1 aliphatic rings. The fraction of sp³-hybridized carbons (Fsp3) is 0.0952. The molecule has 1 amide bonds. The number of carbonyl (C=O) groups is 1. The lowest BCUT2D eigenvalue weighted by atomic mass is 10.0. The quantitative estimate of drug-likeness (QED) is 0.679. The van der Waals surface area contributed by atoms with E-state index in [1.54, 1.807) is 0 Å². The summed E-state index contributed by atoms with van der Waals surface area (Å²) in [6, 6.07) is 26.2. The van der Waals surface area contributed by atoms with Crippen molar-refractivity contribution >= 4 is 11.6 Å². The van der Waals surface area contributed by atoms with Crippen LogP contribution in [0.4, 0.5) is 5.69 Å². The van der Waals surface area contributed by atoms with Crippen molar-refractivity contribution < 1.29 is 4.79 Å². The molecule has 112 valence electrons. The SMILES string of the molecule is O=C(c1ccc(-c2ccccc2)cc1)N1CCc2ccccc21. The number of para-hydroxylation sites is 1. The first-order valence-electron chi connectivity index (χ1n) is 7.88. The second-order valence-corrected chi connectivity index (χ2v) is 5.78. The van der Waals surface area contributed by atoms with Gasteiger partial charge in [0.05, 0.1) is 0 Å². The Kier molecular flexibility index (Phi) is 3.43. The molecule has 1 heterocycles. The van der Waals surface area contributed by atoms with Crippen LogP contribution in [0, 0.1) is 0 Å². The Morgan fingerprint density at radius 1 is 0.739 bits per heavy atom. The van der Waals surface area contributed by atoms with Gasteiger partial charge in [-0.15, -0.1) is 0 Å². The van der Waals surface area contributed by atoms with E-state index in [4.69, 9.17) is 0 Å². The lowest BCUT2D eigenvalue weighted by Gasteiger charge is -2.17.